The molecule has 0 atom stereocenters. The van der Waals surface area contributed by atoms with Gasteiger partial charge in [-0.3, -0.25) is 9.59 Å². The summed E-state index contributed by atoms with van der Waals surface area (Å²) in [5, 5.41) is 0.631. The monoisotopic (exact) mass is 476 g/mol. The Morgan fingerprint density at radius 2 is 1.76 bits per heavy atom. The highest BCUT2D eigenvalue weighted by Crippen LogP contribution is 2.31. The Hall–Kier alpha value is -2.39. The van der Waals surface area contributed by atoms with Crippen LogP contribution in [0.15, 0.2) is 27.5 Å². The molecule has 2 saturated heterocycles. The van der Waals surface area contributed by atoms with E-state index in [4.69, 9.17) is 9.15 Å². The molecule has 33 heavy (non-hydrogen) atoms. The van der Waals surface area contributed by atoms with Crippen LogP contribution < -0.4 is 0 Å². The van der Waals surface area contributed by atoms with Gasteiger partial charge in [0.2, 0.25) is 10.0 Å². The Morgan fingerprint density at radius 1 is 1.09 bits per heavy atom. The third-order valence-corrected chi connectivity index (χ3v) is 8.78. The van der Waals surface area contributed by atoms with E-state index >= 15 is 0 Å². The number of aryl methyl sites for hydroxylation is 1. The van der Waals surface area contributed by atoms with Crippen molar-refractivity contribution in [3.63, 3.8) is 0 Å². The molecule has 4 rings (SSSR count). The van der Waals surface area contributed by atoms with E-state index in [2.05, 4.69) is 6.92 Å². The number of esters is 1. The standard InChI is InChI=1S/C24H32N2O6S/c1-4-31-24(28)18-9-11-25(12-10-18)23(27)22-17(3)20-15-19(5-6-21(20)32-22)33(29,30)26-13-7-16(2)8-14-26/h5-6,15-16,18H,4,7-14H2,1-3H3. The molecule has 9 heteroatoms. The van der Waals surface area contributed by atoms with E-state index in [0.717, 1.165) is 12.8 Å². The van der Waals surface area contributed by atoms with Crippen molar-refractivity contribution in [3.05, 3.63) is 29.5 Å². The third kappa shape index (κ3) is 4.66. The predicted molar refractivity (Wildman–Crippen MR) is 123 cm³/mol. The first-order valence-electron chi connectivity index (χ1n) is 11.7. The molecule has 0 unspecified atom stereocenters. The molecule has 2 fully saturated rings. The summed E-state index contributed by atoms with van der Waals surface area (Å²) in [4.78, 5) is 27.0. The number of carbonyl (C=O) groups is 2. The van der Waals surface area contributed by atoms with Gasteiger partial charge < -0.3 is 14.1 Å². The van der Waals surface area contributed by atoms with Gasteiger partial charge in [-0.2, -0.15) is 4.31 Å². The zero-order valence-corrected chi connectivity index (χ0v) is 20.3. The summed E-state index contributed by atoms with van der Waals surface area (Å²) in [6.07, 6.45) is 2.83. The van der Waals surface area contributed by atoms with E-state index in [-0.39, 0.29) is 28.5 Å². The second-order valence-corrected chi connectivity index (χ2v) is 11.1. The number of carbonyl (C=O) groups excluding carboxylic acids is 2. The molecule has 180 valence electrons. The van der Waals surface area contributed by atoms with Crippen molar-refractivity contribution in [3.8, 4) is 0 Å². The van der Waals surface area contributed by atoms with E-state index in [1.54, 1.807) is 41.3 Å². The first-order chi connectivity index (χ1) is 15.7. The van der Waals surface area contributed by atoms with Crippen molar-refractivity contribution in [2.24, 2.45) is 11.8 Å². The molecule has 2 aromatic rings. The number of rotatable bonds is 5. The Labute approximate surface area is 194 Å². The lowest BCUT2D eigenvalue weighted by Crippen LogP contribution is -2.40. The second-order valence-electron chi connectivity index (χ2n) is 9.12. The Balaban J connectivity index is 1.53. The molecular formula is C24H32N2O6S. The van der Waals surface area contributed by atoms with Crippen LogP contribution in [0.3, 0.4) is 0 Å². The highest BCUT2D eigenvalue weighted by Gasteiger charge is 2.32. The van der Waals surface area contributed by atoms with Gasteiger partial charge in [0.25, 0.3) is 5.91 Å². The van der Waals surface area contributed by atoms with Crippen LogP contribution in [0.25, 0.3) is 11.0 Å². The summed E-state index contributed by atoms with van der Waals surface area (Å²) in [6.45, 7) is 8.01. The SMILES string of the molecule is CCOC(=O)C1CCN(C(=O)c2oc3ccc(S(=O)(=O)N4CCC(C)CC4)cc3c2C)CC1. The van der Waals surface area contributed by atoms with Crippen LogP contribution in [0, 0.1) is 18.8 Å². The predicted octanol–water partition coefficient (Wildman–Crippen LogP) is 3.58. The van der Waals surface area contributed by atoms with E-state index in [1.807, 2.05) is 0 Å². The topological polar surface area (TPSA) is 97.1 Å². The molecule has 0 saturated carbocycles. The van der Waals surface area contributed by atoms with Crippen molar-refractivity contribution in [2.75, 3.05) is 32.8 Å². The fraction of sp³-hybridized carbons (Fsp3) is 0.583. The minimum Gasteiger partial charge on any atom is -0.466 e. The largest absolute Gasteiger partial charge is 0.466 e. The van der Waals surface area contributed by atoms with Crippen molar-refractivity contribution >= 4 is 32.9 Å². The summed E-state index contributed by atoms with van der Waals surface area (Å²) < 4.78 is 38.8. The molecule has 0 radical (unpaired) electrons. The van der Waals surface area contributed by atoms with Gasteiger partial charge in [0.1, 0.15) is 5.58 Å². The number of furan rings is 1. The summed E-state index contributed by atoms with van der Waals surface area (Å²) in [5.74, 6) is 0.130. The maximum atomic E-state index is 13.2. The zero-order valence-electron chi connectivity index (χ0n) is 19.5. The molecule has 0 aliphatic carbocycles. The number of amides is 1. The van der Waals surface area contributed by atoms with Crippen molar-refractivity contribution in [2.45, 2.75) is 51.3 Å². The second kappa shape index (κ2) is 9.46. The van der Waals surface area contributed by atoms with Crippen LogP contribution in [0.1, 0.15) is 55.6 Å². The Kier molecular flexibility index (Phi) is 6.81. The van der Waals surface area contributed by atoms with Crippen LogP contribution in [-0.4, -0.2) is 62.3 Å². The summed E-state index contributed by atoms with van der Waals surface area (Å²) in [7, 11) is -3.59. The van der Waals surface area contributed by atoms with Gasteiger partial charge in [-0.05, 0) is 63.6 Å². The number of nitrogens with zero attached hydrogens (tertiary/aromatic N) is 2. The third-order valence-electron chi connectivity index (χ3n) is 6.88. The maximum absolute atomic E-state index is 13.2. The van der Waals surface area contributed by atoms with Crippen LogP contribution >= 0.6 is 0 Å². The van der Waals surface area contributed by atoms with E-state index < -0.39 is 10.0 Å². The van der Waals surface area contributed by atoms with Gasteiger partial charge >= 0.3 is 5.97 Å². The van der Waals surface area contributed by atoms with Gasteiger partial charge in [0.15, 0.2) is 5.76 Å². The highest BCUT2D eigenvalue weighted by molar-refractivity contribution is 7.89. The minimum atomic E-state index is -3.59. The number of benzene rings is 1. The van der Waals surface area contributed by atoms with Crippen LogP contribution in [-0.2, 0) is 19.6 Å². The highest BCUT2D eigenvalue weighted by atomic mass is 32.2. The van der Waals surface area contributed by atoms with Gasteiger partial charge in [-0.1, -0.05) is 6.92 Å². The van der Waals surface area contributed by atoms with E-state index in [9.17, 15) is 18.0 Å². The molecule has 8 nitrogen and oxygen atoms in total. The van der Waals surface area contributed by atoms with E-state index in [1.165, 1.54) is 0 Å². The lowest BCUT2D eigenvalue weighted by Gasteiger charge is -2.30. The first-order valence-corrected chi connectivity index (χ1v) is 13.2. The summed E-state index contributed by atoms with van der Waals surface area (Å²) in [6, 6.07) is 4.80. The summed E-state index contributed by atoms with van der Waals surface area (Å²) >= 11 is 0. The lowest BCUT2D eigenvalue weighted by atomic mass is 9.96. The molecular weight excluding hydrogens is 444 g/mol. The molecule has 0 bridgehead atoms. The van der Waals surface area contributed by atoms with Gasteiger partial charge in [-0.25, -0.2) is 8.42 Å². The average molecular weight is 477 g/mol. The van der Waals surface area contributed by atoms with Crippen LogP contribution in [0.5, 0.6) is 0 Å². The molecule has 3 heterocycles. The normalized spacial score (nSPS) is 19.2. The number of likely N-dealkylation sites (tertiary alicyclic amines) is 1. The molecule has 1 aromatic heterocycles. The van der Waals surface area contributed by atoms with Crippen LogP contribution in [0.4, 0.5) is 0 Å². The smallest absolute Gasteiger partial charge is 0.309 e. The number of hydrogen-bond donors (Lipinski definition) is 0. The zero-order chi connectivity index (χ0) is 23.8. The molecule has 2 aliphatic heterocycles. The number of fused-ring (bicyclic) bond motifs is 1. The Morgan fingerprint density at radius 3 is 2.39 bits per heavy atom. The van der Waals surface area contributed by atoms with Gasteiger partial charge in [0, 0.05) is 37.1 Å². The summed E-state index contributed by atoms with van der Waals surface area (Å²) in [5.41, 5.74) is 1.12. The fourth-order valence-corrected chi connectivity index (χ4v) is 6.16. The first kappa shape index (κ1) is 23.8. The minimum absolute atomic E-state index is 0.184. The fourth-order valence-electron chi connectivity index (χ4n) is 4.66. The van der Waals surface area contributed by atoms with Crippen molar-refractivity contribution < 1.29 is 27.2 Å². The van der Waals surface area contributed by atoms with Crippen molar-refractivity contribution in [1.29, 1.82) is 0 Å². The van der Waals surface area contributed by atoms with Crippen LogP contribution in [0.2, 0.25) is 0 Å². The molecule has 1 amide bonds. The van der Waals surface area contributed by atoms with Crippen molar-refractivity contribution in [1.82, 2.24) is 9.21 Å². The number of ether oxygens (including phenoxy) is 1. The number of hydrogen-bond acceptors (Lipinski definition) is 6. The molecule has 0 spiro atoms. The molecule has 0 N–H and O–H groups in total. The van der Waals surface area contributed by atoms with E-state index in [0.29, 0.717) is 68.1 Å². The van der Waals surface area contributed by atoms with Gasteiger partial charge in [0.05, 0.1) is 17.4 Å². The molecule has 2 aliphatic rings. The quantitative estimate of drug-likeness (QED) is 0.612. The Bertz CT molecular complexity index is 1140. The maximum Gasteiger partial charge on any atom is 0.309 e. The molecule has 1 aromatic carbocycles. The lowest BCUT2D eigenvalue weighted by molar-refractivity contribution is -0.149. The average Bonchev–Trinajstić information content (AvgIpc) is 3.15. The van der Waals surface area contributed by atoms with Gasteiger partial charge in [-0.15, -0.1) is 0 Å². The number of sulfonamides is 1. The number of piperidine rings is 2.